The number of aromatic nitrogens is 2. The van der Waals surface area contributed by atoms with Gasteiger partial charge < -0.3 is 15.2 Å². The van der Waals surface area contributed by atoms with E-state index in [1.165, 1.54) is 6.20 Å². The summed E-state index contributed by atoms with van der Waals surface area (Å²) >= 11 is 6.01. The summed E-state index contributed by atoms with van der Waals surface area (Å²) in [6.45, 7) is 2.35. The van der Waals surface area contributed by atoms with Crippen molar-refractivity contribution in [3.63, 3.8) is 0 Å². The summed E-state index contributed by atoms with van der Waals surface area (Å²) in [5.74, 6) is 0.532. The first-order chi connectivity index (χ1) is 9.22. The summed E-state index contributed by atoms with van der Waals surface area (Å²) in [6, 6.07) is 0. The molecule has 6 nitrogen and oxygen atoms in total. The van der Waals surface area contributed by atoms with Gasteiger partial charge in [0.15, 0.2) is 0 Å². The number of nitrogens with one attached hydrogen (secondary N) is 1. The van der Waals surface area contributed by atoms with Crippen molar-refractivity contribution in [2.24, 2.45) is 5.92 Å². The second kappa shape index (κ2) is 6.88. The van der Waals surface area contributed by atoms with Crippen LogP contribution in [0, 0.1) is 5.92 Å². The van der Waals surface area contributed by atoms with Gasteiger partial charge in [0, 0.05) is 19.8 Å². The fourth-order valence-electron chi connectivity index (χ4n) is 2.05. The van der Waals surface area contributed by atoms with Gasteiger partial charge in [-0.2, -0.15) is 5.10 Å². The Labute approximate surface area is 116 Å². The Morgan fingerprint density at radius 2 is 2.26 bits per heavy atom. The standard InChI is InChI=1S/C12H18ClN3O3/c13-11-10(8-15-16(3-4-17)12(11)18)14-7-9-1-5-19-6-2-9/h8-9,14,17H,1-7H2. The fraction of sp³-hybridized carbons (Fsp3) is 0.667. The SMILES string of the molecule is O=c1c(Cl)c(NCC2CCOCC2)cnn1CCO. The molecule has 0 aliphatic carbocycles. The molecule has 0 bridgehead atoms. The summed E-state index contributed by atoms with van der Waals surface area (Å²) in [4.78, 5) is 11.8. The molecule has 1 aliphatic rings. The second-order valence-electron chi connectivity index (χ2n) is 4.56. The number of hydrogen-bond donors (Lipinski definition) is 2. The number of anilines is 1. The van der Waals surface area contributed by atoms with Gasteiger partial charge in [-0.25, -0.2) is 4.68 Å². The maximum Gasteiger partial charge on any atom is 0.287 e. The Hall–Kier alpha value is -1.11. The van der Waals surface area contributed by atoms with Crippen molar-refractivity contribution in [1.82, 2.24) is 9.78 Å². The number of halogens is 1. The monoisotopic (exact) mass is 287 g/mol. The topological polar surface area (TPSA) is 76.4 Å². The summed E-state index contributed by atoms with van der Waals surface area (Å²) in [6.07, 6.45) is 3.55. The molecular weight excluding hydrogens is 270 g/mol. The normalized spacial score (nSPS) is 16.5. The van der Waals surface area contributed by atoms with Gasteiger partial charge in [-0.05, 0) is 18.8 Å². The van der Waals surface area contributed by atoms with Gasteiger partial charge in [0.05, 0.1) is 25.0 Å². The summed E-state index contributed by atoms with van der Waals surface area (Å²) in [7, 11) is 0. The van der Waals surface area contributed by atoms with Gasteiger partial charge in [0.2, 0.25) is 0 Å². The van der Waals surface area contributed by atoms with Crippen LogP contribution in [0.1, 0.15) is 12.8 Å². The minimum absolute atomic E-state index is 0.121. The highest BCUT2D eigenvalue weighted by Gasteiger charge is 2.15. The largest absolute Gasteiger partial charge is 0.394 e. The first-order valence-corrected chi connectivity index (χ1v) is 6.78. The molecule has 2 heterocycles. The average molecular weight is 288 g/mol. The number of hydrogen-bond acceptors (Lipinski definition) is 5. The first-order valence-electron chi connectivity index (χ1n) is 6.40. The van der Waals surface area contributed by atoms with E-state index in [1.54, 1.807) is 0 Å². The predicted octanol–water partition coefficient (Wildman–Crippen LogP) is 0.727. The van der Waals surface area contributed by atoms with Crippen LogP contribution in [0.3, 0.4) is 0 Å². The van der Waals surface area contributed by atoms with Crippen molar-refractivity contribution >= 4 is 17.3 Å². The van der Waals surface area contributed by atoms with Gasteiger partial charge in [0.25, 0.3) is 5.56 Å². The number of aliphatic hydroxyl groups is 1. The van der Waals surface area contributed by atoms with Crippen LogP contribution in [-0.2, 0) is 11.3 Å². The summed E-state index contributed by atoms with van der Waals surface area (Å²) in [5, 5.41) is 16.1. The second-order valence-corrected chi connectivity index (χ2v) is 4.94. The van der Waals surface area contributed by atoms with Crippen molar-refractivity contribution in [2.75, 3.05) is 31.7 Å². The molecule has 0 unspecified atom stereocenters. The van der Waals surface area contributed by atoms with Crippen molar-refractivity contribution in [3.8, 4) is 0 Å². The van der Waals surface area contributed by atoms with Crippen molar-refractivity contribution in [2.45, 2.75) is 19.4 Å². The number of aliphatic hydroxyl groups excluding tert-OH is 1. The van der Waals surface area contributed by atoms with Crippen LogP contribution in [0.15, 0.2) is 11.0 Å². The third kappa shape index (κ3) is 3.68. The van der Waals surface area contributed by atoms with E-state index in [0.717, 1.165) is 37.3 Å². The van der Waals surface area contributed by atoms with Crippen LogP contribution in [0.4, 0.5) is 5.69 Å². The van der Waals surface area contributed by atoms with Gasteiger partial charge >= 0.3 is 0 Å². The maximum atomic E-state index is 11.8. The molecule has 2 rings (SSSR count). The Morgan fingerprint density at radius 1 is 1.53 bits per heavy atom. The molecule has 0 saturated carbocycles. The lowest BCUT2D eigenvalue weighted by molar-refractivity contribution is 0.0699. The van der Waals surface area contributed by atoms with Crippen LogP contribution in [0.2, 0.25) is 5.02 Å². The molecule has 0 aromatic carbocycles. The molecule has 2 N–H and O–H groups in total. The molecular formula is C12H18ClN3O3. The number of nitrogens with zero attached hydrogens (tertiary/aromatic N) is 2. The molecule has 0 amide bonds. The molecule has 19 heavy (non-hydrogen) atoms. The van der Waals surface area contributed by atoms with Crippen molar-refractivity contribution < 1.29 is 9.84 Å². The van der Waals surface area contributed by atoms with E-state index in [9.17, 15) is 4.79 Å². The molecule has 1 aliphatic heterocycles. The van der Waals surface area contributed by atoms with Crippen molar-refractivity contribution in [1.29, 1.82) is 0 Å². The summed E-state index contributed by atoms with van der Waals surface area (Å²) in [5.41, 5.74) is 0.167. The van der Waals surface area contributed by atoms with E-state index in [0.29, 0.717) is 11.6 Å². The van der Waals surface area contributed by atoms with Crippen LogP contribution in [-0.4, -0.2) is 41.3 Å². The van der Waals surface area contributed by atoms with E-state index in [4.69, 9.17) is 21.4 Å². The average Bonchev–Trinajstić information content (AvgIpc) is 2.44. The lowest BCUT2D eigenvalue weighted by Crippen LogP contribution is -2.27. The van der Waals surface area contributed by atoms with Crippen molar-refractivity contribution in [3.05, 3.63) is 21.6 Å². The molecule has 0 radical (unpaired) electrons. The molecule has 0 spiro atoms. The van der Waals surface area contributed by atoms with E-state index < -0.39 is 0 Å². The van der Waals surface area contributed by atoms with Gasteiger partial charge in [-0.15, -0.1) is 0 Å². The molecule has 7 heteroatoms. The van der Waals surface area contributed by atoms with E-state index >= 15 is 0 Å². The summed E-state index contributed by atoms with van der Waals surface area (Å²) < 4.78 is 6.45. The lowest BCUT2D eigenvalue weighted by atomic mass is 10.0. The number of rotatable bonds is 5. The zero-order chi connectivity index (χ0) is 13.7. The Morgan fingerprint density at radius 3 is 2.95 bits per heavy atom. The maximum absolute atomic E-state index is 11.8. The Bertz CT molecular complexity index is 472. The highest BCUT2D eigenvalue weighted by Crippen LogP contribution is 2.19. The van der Waals surface area contributed by atoms with E-state index in [1.807, 2.05) is 0 Å². The molecule has 0 atom stereocenters. The van der Waals surface area contributed by atoms with Gasteiger partial charge in [-0.3, -0.25) is 4.79 Å². The predicted molar refractivity (Wildman–Crippen MR) is 72.6 cm³/mol. The minimum Gasteiger partial charge on any atom is -0.394 e. The highest BCUT2D eigenvalue weighted by molar-refractivity contribution is 6.32. The smallest absolute Gasteiger partial charge is 0.287 e. The minimum atomic E-state index is -0.382. The van der Waals surface area contributed by atoms with E-state index in [-0.39, 0.29) is 23.7 Å². The van der Waals surface area contributed by atoms with E-state index in [2.05, 4.69) is 10.4 Å². The molecule has 1 fully saturated rings. The molecule has 1 saturated heterocycles. The third-order valence-electron chi connectivity index (χ3n) is 3.22. The van der Waals surface area contributed by atoms with Crippen LogP contribution < -0.4 is 10.9 Å². The van der Waals surface area contributed by atoms with Gasteiger partial charge in [0.1, 0.15) is 5.02 Å². The Balaban J connectivity index is 2.00. The number of ether oxygens (including phenoxy) is 1. The Kier molecular flexibility index (Phi) is 5.18. The van der Waals surface area contributed by atoms with Crippen LogP contribution >= 0.6 is 11.6 Å². The van der Waals surface area contributed by atoms with Crippen LogP contribution in [0.5, 0.6) is 0 Å². The zero-order valence-corrected chi connectivity index (χ0v) is 11.4. The quantitative estimate of drug-likeness (QED) is 0.835. The molecule has 1 aromatic heterocycles. The first kappa shape index (κ1) is 14.3. The van der Waals surface area contributed by atoms with Gasteiger partial charge in [-0.1, -0.05) is 11.6 Å². The molecule has 1 aromatic rings. The highest BCUT2D eigenvalue weighted by atomic mass is 35.5. The lowest BCUT2D eigenvalue weighted by Gasteiger charge is -2.22. The zero-order valence-electron chi connectivity index (χ0n) is 10.6. The molecule has 106 valence electrons. The fourth-order valence-corrected chi connectivity index (χ4v) is 2.26. The third-order valence-corrected chi connectivity index (χ3v) is 3.58. The van der Waals surface area contributed by atoms with Crippen LogP contribution in [0.25, 0.3) is 0 Å².